The Labute approximate surface area is 186 Å². The van der Waals surface area contributed by atoms with Crippen LogP contribution in [-0.2, 0) is 23.9 Å². The number of ketones is 1. The first-order valence-electron chi connectivity index (χ1n) is 10.4. The lowest BCUT2D eigenvalue weighted by molar-refractivity contribution is -0.151. The lowest BCUT2D eigenvalue weighted by Crippen LogP contribution is -2.43. The number of carbonyl (C=O) groups excluding carboxylic acids is 3. The smallest absolute Gasteiger partial charge is 0.336 e. The van der Waals surface area contributed by atoms with E-state index in [-0.39, 0.29) is 18.3 Å². The fourth-order valence-electron chi connectivity index (χ4n) is 4.26. The fraction of sp³-hybridized carbons (Fsp3) is 0.522. The molecular formula is C23H29NO6S. The topological polar surface area (TPSA) is 94.8 Å². The molecule has 0 fully saturated rings. The maximum absolute atomic E-state index is 13.5. The minimum atomic E-state index is -0.916. The van der Waals surface area contributed by atoms with Crippen molar-refractivity contribution in [2.75, 3.05) is 25.2 Å². The summed E-state index contributed by atoms with van der Waals surface area (Å²) in [6, 6.07) is 3.56. The van der Waals surface area contributed by atoms with E-state index in [2.05, 4.69) is 5.32 Å². The van der Waals surface area contributed by atoms with Crippen molar-refractivity contribution in [2.45, 2.75) is 40.0 Å². The van der Waals surface area contributed by atoms with Crippen LogP contribution in [0.5, 0.6) is 0 Å². The van der Waals surface area contributed by atoms with Gasteiger partial charge in [0.2, 0.25) is 0 Å². The molecule has 0 saturated carbocycles. The summed E-state index contributed by atoms with van der Waals surface area (Å²) in [7, 11) is 1.28. The highest BCUT2D eigenvalue weighted by molar-refractivity contribution is 7.99. The summed E-state index contributed by atoms with van der Waals surface area (Å²) < 4.78 is 16.3. The number of hydrogen-bond acceptors (Lipinski definition) is 8. The van der Waals surface area contributed by atoms with Gasteiger partial charge in [-0.15, -0.1) is 0 Å². The summed E-state index contributed by atoms with van der Waals surface area (Å²) >= 11 is 1.68. The second-order valence-electron chi connectivity index (χ2n) is 7.82. The summed E-state index contributed by atoms with van der Waals surface area (Å²) in [6.07, 6.45) is 0.490. The molecule has 1 N–H and O–H groups in total. The fourth-order valence-corrected chi connectivity index (χ4v) is 4.75. The second-order valence-corrected chi connectivity index (χ2v) is 9.21. The van der Waals surface area contributed by atoms with Crippen molar-refractivity contribution >= 4 is 29.5 Å². The molecule has 2 aliphatic rings. The largest absolute Gasteiger partial charge is 0.468 e. The molecule has 0 unspecified atom stereocenters. The van der Waals surface area contributed by atoms with E-state index in [1.807, 2.05) is 13.8 Å². The van der Waals surface area contributed by atoms with Crippen LogP contribution in [0, 0.1) is 18.8 Å². The van der Waals surface area contributed by atoms with Crippen LogP contribution in [0.1, 0.15) is 44.6 Å². The van der Waals surface area contributed by atoms with Gasteiger partial charge in [0.05, 0.1) is 18.6 Å². The molecular weight excluding hydrogens is 418 g/mol. The van der Waals surface area contributed by atoms with Gasteiger partial charge >= 0.3 is 11.9 Å². The number of nitrogens with one attached hydrogen (secondary N) is 1. The van der Waals surface area contributed by atoms with Crippen LogP contribution in [0.3, 0.4) is 0 Å². The number of dihydropyridines is 1. The first kappa shape index (κ1) is 23.2. The molecule has 0 saturated heterocycles. The number of furan rings is 1. The number of aryl methyl sites for hydroxylation is 1. The maximum atomic E-state index is 13.5. The number of methoxy groups -OCH3 is 1. The summed E-state index contributed by atoms with van der Waals surface area (Å²) in [6.45, 7) is 7.77. The highest BCUT2D eigenvalue weighted by Gasteiger charge is 2.48. The van der Waals surface area contributed by atoms with Gasteiger partial charge in [-0.25, -0.2) is 4.79 Å². The zero-order valence-corrected chi connectivity index (χ0v) is 19.4. The van der Waals surface area contributed by atoms with Gasteiger partial charge in [-0.2, -0.15) is 11.8 Å². The number of hydrogen-bond donors (Lipinski definition) is 1. The number of carbonyl (C=O) groups is 3. The standard InChI is InChI=1S/C23H29NO6S/c1-6-31-10-9-29-23(27)18-14(4)24-15-11-12(2)17(22(26)28-5)21(25)19(15)20(18)16-8-7-13(3)30-16/h7-8,12,17,20,24H,6,9-11H2,1-5H3/t12-,17+,20-/m1/s1. The number of allylic oxidation sites excluding steroid dienone is 3. The first-order valence-corrected chi connectivity index (χ1v) is 11.6. The molecule has 1 aromatic heterocycles. The summed E-state index contributed by atoms with van der Waals surface area (Å²) in [5.74, 6) is -0.491. The average Bonchev–Trinajstić information content (AvgIpc) is 3.15. The zero-order chi connectivity index (χ0) is 22.7. The van der Waals surface area contributed by atoms with Crippen LogP contribution in [-0.4, -0.2) is 42.9 Å². The van der Waals surface area contributed by atoms with Crippen molar-refractivity contribution in [3.8, 4) is 0 Å². The minimum Gasteiger partial charge on any atom is -0.468 e. The van der Waals surface area contributed by atoms with E-state index < -0.39 is 23.8 Å². The molecule has 1 aliphatic carbocycles. The van der Waals surface area contributed by atoms with Crippen LogP contribution >= 0.6 is 11.8 Å². The Bertz CT molecular complexity index is 944. The van der Waals surface area contributed by atoms with Crippen molar-refractivity contribution in [3.63, 3.8) is 0 Å². The monoisotopic (exact) mass is 447 g/mol. The van der Waals surface area contributed by atoms with Crippen LogP contribution < -0.4 is 5.32 Å². The van der Waals surface area contributed by atoms with Gasteiger partial charge in [-0.1, -0.05) is 13.8 Å². The van der Waals surface area contributed by atoms with E-state index in [1.165, 1.54) is 7.11 Å². The number of rotatable bonds is 7. The highest BCUT2D eigenvalue weighted by atomic mass is 32.2. The number of Topliss-reactive ketones (excluding diaryl/α,β-unsaturated/α-hetero) is 1. The summed E-state index contributed by atoms with van der Waals surface area (Å²) in [4.78, 5) is 39.0. The molecule has 0 aromatic carbocycles. The lowest BCUT2D eigenvalue weighted by Gasteiger charge is -2.37. The quantitative estimate of drug-likeness (QED) is 0.386. The number of ether oxygens (including phenoxy) is 2. The Morgan fingerprint density at radius 2 is 2.03 bits per heavy atom. The molecule has 7 nitrogen and oxygen atoms in total. The van der Waals surface area contributed by atoms with Gasteiger partial charge in [0.25, 0.3) is 0 Å². The van der Waals surface area contributed by atoms with Crippen molar-refractivity contribution < 1.29 is 28.3 Å². The van der Waals surface area contributed by atoms with Crippen molar-refractivity contribution in [1.82, 2.24) is 5.32 Å². The Morgan fingerprint density at radius 3 is 2.65 bits per heavy atom. The third-order valence-corrected chi connectivity index (χ3v) is 6.54. The molecule has 0 amide bonds. The SMILES string of the molecule is CCSCCOC(=O)C1=C(C)NC2=C(C(=O)[C@@H](C(=O)OC)[C@H](C)C2)[C@@H]1c1ccc(C)o1. The van der Waals surface area contributed by atoms with Gasteiger partial charge in [-0.3, -0.25) is 9.59 Å². The Morgan fingerprint density at radius 1 is 1.29 bits per heavy atom. The highest BCUT2D eigenvalue weighted by Crippen LogP contribution is 2.45. The minimum absolute atomic E-state index is 0.224. The van der Waals surface area contributed by atoms with Crippen LogP contribution in [0.2, 0.25) is 0 Å². The second kappa shape index (κ2) is 9.77. The maximum Gasteiger partial charge on any atom is 0.336 e. The Kier molecular flexibility index (Phi) is 7.30. The average molecular weight is 448 g/mol. The van der Waals surface area contributed by atoms with Crippen LogP contribution in [0.4, 0.5) is 0 Å². The van der Waals surface area contributed by atoms with Gasteiger partial charge < -0.3 is 19.2 Å². The van der Waals surface area contributed by atoms with E-state index in [9.17, 15) is 14.4 Å². The van der Waals surface area contributed by atoms with Gasteiger partial charge in [0.1, 0.15) is 24.0 Å². The molecule has 8 heteroatoms. The van der Waals surface area contributed by atoms with Crippen LogP contribution in [0.25, 0.3) is 0 Å². The van der Waals surface area contributed by atoms with Crippen LogP contribution in [0.15, 0.2) is 39.1 Å². The molecule has 168 valence electrons. The van der Waals surface area contributed by atoms with E-state index >= 15 is 0 Å². The Hall–Kier alpha value is -2.48. The van der Waals surface area contributed by atoms with E-state index in [4.69, 9.17) is 13.9 Å². The van der Waals surface area contributed by atoms with E-state index in [0.717, 1.165) is 5.75 Å². The van der Waals surface area contributed by atoms with Gasteiger partial charge in [-0.05, 0) is 44.1 Å². The Balaban J connectivity index is 2.03. The predicted molar refractivity (Wildman–Crippen MR) is 117 cm³/mol. The van der Waals surface area contributed by atoms with Crippen molar-refractivity contribution in [1.29, 1.82) is 0 Å². The third-order valence-electron chi connectivity index (χ3n) is 5.67. The molecule has 3 atom stereocenters. The van der Waals surface area contributed by atoms with Crippen molar-refractivity contribution in [2.24, 2.45) is 11.8 Å². The van der Waals surface area contributed by atoms with Crippen molar-refractivity contribution in [3.05, 3.63) is 46.2 Å². The zero-order valence-electron chi connectivity index (χ0n) is 18.6. The number of esters is 2. The molecule has 2 heterocycles. The third kappa shape index (κ3) is 4.59. The molecule has 0 spiro atoms. The molecule has 0 bridgehead atoms. The summed E-state index contributed by atoms with van der Waals surface area (Å²) in [5, 5.41) is 3.23. The van der Waals surface area contributed by atoms with E-state index in [1.54, 1.807) is 37.7 Å². The predicted octanol–water partition coefficient (Wildman–Crippen LogP) is 3.50. The normalized spacial score (nSPS) is 23.4. The van der Waals surface area contributed by atoms with Gasteiger partial charge in [0, 0.05) is 22.7 Å². The van der Waals surface area contributed by atoms with Gasteiger partial charge in [0.15, 0.2) is 5.78 Å². The molecule has 31 heavy (non-hydrogen) atoms. The number of thioether (sulfide) groups is 1. The lowest BCUT2D eigenvalue weighted by atomic mass is 9.70. The van der Waals surface area contributed by atoms with E-state index in [0.29, 0.717) is 46.2 Å². The molecule has 3 rings (SSSR count). The molecule has 0 radical (unpaired) electrons. The first-order chi connectivity index (χ1) is 14.8. The molecule has 1 aromatic rings. The molecule has 1 aliphatic heterocycles. The summed E-state index contributed by atoms with van der Waals surface area (Å²) in [5.41, 5.74) is 2.05.